The largest absolute Gasteiger partial charge is 0.463 e. The monoisotopic (exact) mass is 619 g/mol. The number of fused-ring (bicyclic) bond motifs is 1. The summed E-state index contributed by atoms with van der Waals surface area (Å²) in [7, 11) is 2.11. The van der Waals surface area contributed by atoms with E-state index >= 15 is 0 Å². The van der Waals surface area contributed by atoms with Gasteiger partial charge < -0.3 is 33.8 Å². The third-order valence-corrected chi connectivity index (χ3v) is 8.55. The number of benzene rings is 1. The highest BCUT2D eigenvalue weighted by atomic mass is 16.6. The predicted octanol–water partition coefficient (Wildman–Crippen LogP) is 4.09. The lowest BCUT2D eigenvalue weighted by atomic mass is 9.98. The average Bonchev–Trinajstić information content (AvgIpc) is 3.45. The van der Waals surface area contributed by atoms with Gasteiger partial charge in [0.2, 0.25) is 0 Å². The molecule has 0 bridgehead atoms. The van der Waals surface area contributed by atoms with Crippen LogP contribution in [0.4, 0.5) is 15.4 Å². The van der Waals surface area contributed by atoms with Gasteiger partial charge in [-0.15, -0.1) is 0 Å². The van der Waals surface area contributed by atoms with Gasteiger partial charge in [0.15, 0.2) is 0 Å². The smallest absolute Gasteiger partial charge is 0.410 e. The first-order chi connectivity index (χ1) is 21.5. The molecule has 2 unspecified atom stereocenters. The lowest BCUT2D eigenvalue weighted by Crippen LogP contribution is -2.58. The number of anilines is 1. The lowest BCUT2D eigenvalue weighted by molar-refractivity contribution is 0.0220. The van der Waals surface area contributed by atoms with Crippen LogP contribution in [0.2, 0.25) is 0 Å². The fourth-order valence-corrected chi connectivity index (χ4v) is 6.10. The number of nitriles is 1. The second-order valence-electron chi connectivity index (χ2n) is 13.3. The summed E-state index contributed by atoms with van der Waals surface area (Å²) >= 11 is 0. The van der Waals surface area contributed by atoms with Gasteiger partial charge in [-0.05, 0) is 59.7 Å². The molecule has 2 saturated heterocycles. The van der Waals surface area contributed by atoms with Crippen LogP contribution in [0.1, 0.15) is 50.9 Å². The Morgan fingerprint density at radius 3 is 2.53 bits per heavy atom. The van der Waals surface area contributed by atoms with E-state index in [2.05, 4.69) is 22.9 Å². The molecule has 0 saturated carbocycles. The van der Waals surface area contributed by atoms with E-state index in [0.717, 1.165) is 42.1 Å². The van der Waals surface area contributed by atoms with Crippen LogP contribution in [-0.4, -0.2) is 101 Å². The minimum Gasteiger partial charge on any atom is -0.463 e. The molecule has 2 amide bonds. The number of hydrogen-bond donors (Lipinski definition) is 0. The van der Waals surface area contributed by atoms with Crippen LogP contribution in [0.5, 0.6) is 6.01 Å². The molecule has 12 nitrogen and oxygen atoms in total. The average molecular weight is 620 g/mol. The fraction of sp³-hybridized carbons (Fsp3) is 0.606. The van der Waals surface area contributed by atoms with Crippen LogP contribution in [0.3, 0.4) is 0 Å². The van der Waals surface area contributed by atoms with Crippen molar-refractivity contribution in [2.45, 2.75) is 65.3 Å². The SMILES string of the molecule is CC(C#N)C1CN(c2nc(OC[C@@H]3CCN(C)C3)nc3c2CCN(C(=O)OC(C)(C)C)C3)CCN1C(=O)OCc1ccccc1. The summed E-state index contributed by atoms with van der Waals surface area (Å²) in [4.78, 5) is 43.6. The highest BCUT2D eigenvalue weighted by Gasteiger charge is 2.38. The number of aromatic nitrogens is 2. The Hall–Kier alpha value is -4.11. The molecule has 3 aliphatic rings. The maximum atomic E-state index is 13.2. The number of carbonyl (C=O) groups is 2. The third kappa shape index (κ3) is 8.14. The van der Waals surface area contributed by atoms with Crippen LogP contribution < -0.4 is 9.64 Å². The zero-order valence-electron chi connectivity index (χ0n) is 27.1. The van der Waals surface area contributed by atoms with Gasteiger partial charge in [-0.1, -0.05) is 30.3 Å². The molecule has 12 heteroatoms. The Morgan fingerprint density at radius 2 is 1.84 bits per heavy atom. The van der Waals surface area contributed by atoms with Crippen LogP contribution in [0, 0.1) is 23.2 Å². The molecule has 2 aromatic rings. The molecule has 1 aromatic carbocycles. The number of piperazine rings is 1. The fourth-order valence-electron chi connectivity index (χ4n) is 6.10. The Kier molecular flexibility index (Phi) is 9.97. The Bertz CT molecular complexity index is 1390. The van der Waals surface area contributed by atoms with Crippen molar-refractivity contribution >= 4 is 18.0 Å². The molecule has 2 fully saturated rings. The standard InChI is InChI=1S/C33H45N7O5/c1-23(17-34)28-20-38(15-16-40(28)32(42)44-21-24-9-7-6-8-10-24)29-26-12-14-39(31(41)45-33(2,3)4)19-27(26)35-30(36-29)43-22-25-11-13-37(5)18-25/h6-10,23,25,28H,11-16,18-22H2,1-5H3/t23?,25-,28?/m1/s1. The van der Waals surface area contributed by atoms with E-state index in [1.54, 1.807) is 9.80 Å². The molecular formula is C33H45N7O5. The van der Waals surface area contributed by atoms with Crippen LogP contribution in [0.15, 0.2) is 30.3 Å². The van der Waals surface area contributed by atoms with Gasteiger partial charge in [-0.3, -0.25) is 0 Å². The number of rotatable bonds is 7. The molecule has 3 atom stereocenters. The molecule has 0 aliphatic carbocycles. The van der Waals surface area contributed by atoms with Crippen LogP contribution in [-0.2, 0) is 29.0 Å². The quantitative estimate of drug-likeness (QED) is 0.448. The van der Waals surface area contributed by atoms with Crippen molar-refractivity contribution in [3.8, 4) is 12.1 Å². The molecule has 3 aliphatic heterocycles. The van der Waals surface area contributed by atoms with Gasteiger partial charge in [-0.25, -0.2) is 9.59 Å². The summed E-state index contributed by atoms with van der Waals surface area (Å²) in [5.41, 5.74) is 1.97. The number of nitrogens with zero attached hydrogens (tertiary/aromatic N) is 7. The number of likely N-dealkylation sites (tertiary alicyclic amines) is 1. The first kappa shape index (κ1) is 32.3. The minimum absolute atomic E-state index is 0.165. The van der Waals surface area contributed by atoms with E-state index in [4.69, 9.17) is 24.2 Å². The van der Waals surface area contributed by atoms with E-state index in [1.807, 2.05) is 58.0 Å². The summed E-state index contributed by atoms with van der Waals surface area (Å²) in [6.07, 6.45) is 0.788. The van der Waals surface area contributed by atoms with Crippen molar-refractivity contribution in [3.63, 3.8) is 0 Å². The maximum Gasteiger partial charge on any atom is 0.410 e. The highest BCUT2D eigenvalue weighted by molar-refractivity contribution is 5.70. The molecule has 0 spiro atoms. The van der Waals surface area contributed by atoms with Crippen molar-refractivity contribution in [1.29, 1.82) is 5.26 Å². The second-order valence-corrected chi connectivity index (χ2v) is 13.3. The van der Waals surface area contributed by atoms with E-state index in [0.29, 0.717) is 45.1 Å². The van der Waals surface area contributed by atoms with Gasteiger partial charge in [-0.2, -0.15) is 15.2 Å². The Labute approximate surface area is 265 Å². The van der Waals surface area contributed by atoms with Crippen molar-refractivity contribution in [3.05, 3.63) is 47.2 Å². The lowest BCUT2D eigenvalue weighted by Gasteiger charge is -2.43. The van der Waals surface area contributed by atoms with Crippen molar-refractivity contribution < 1.29 is 23.8 Å². The van der Waals surface area contributed by atoms with Crippen LogP contribution >= 0.6 is 0 Å². The third-order valence-electron chi connectivity index (χ3n) is 8.55. The van der Waals surface area contributed by atoms with Gasteiger partial charge in [0.25, 0.3) is 0 Å². The van der Waals surface area contributed by atoms with Crippen molar-refractivity contribution in [1.82, 2.24) is 24.7 Å². The second kappa shape index (κ2) is 13.9. The molecule has 0 radical (unpaired) electrons. The summed E-state index contributed by atoms with van der Waals surface area (Å²) in [5, 5.41) is 9.90. The molecule has 5 rings (SSSR count). The number of amides is 2. The molecule has 45 heavy (non-hydrogen) atoms. The van der Waals surface area contributed by atoms with Crippen LogP contribution in [0.25, 0.3) is 0 Å². The summed E-state index contributed by atoms with van der Waals surface area (Å²) in [5.74, 6) is 0.685. The summed E-state index contributed by atoms with van der Waals surface area (Å²) < 4.78 is 17.5. The zero-order chi connectivity index (χ0) is 32.1. The van der Waals surface area contributed by atoms with Crippen molar-refractivity contribution in [2.24, 2.45) is 11.8 Å². The van der Waals surface area contributed by atoms with E-state index in [1.165, 1.54) is 0 Å². The maximum absolute atomic E-state index is 13.2. The molecule has 242 valence electrons. The first-order valence-electron chi connectivity index (χ1n) is 15.8. The predicted molar refractivity (Wildman–Crippen MR) is 168 cm³/mol. The number of ether oxygens (including phenoxy) is 3. The minimum atomic E-state index is -0.606. The van der Waals surface area contributed by atoms with Gasteiger partial charge in [0.1, 0.15) is 18.0 Å². The molecule has 1 aromatic heterocycles. The summed E-state index contributed by atoms with van der Waals surface area (Å²) in [6, 6.07) is 11.8. The summed E-state index contributed by atoms with van der Waals surface area (Å²) in [6.45, 7) is 12.1. The van der Waals surface area contributed by atoms with E-state index in [9.17, 15) is 14.9 Å². The first-order valence-corrected chi connectivity index (χ1v) is 15.8. The van der Waals surface area contributed by atoms with Crippen molar-refractivity contribution in [2.75, 3.05) is 57.8 Å². The number of hydrogen-bond acceptors (Lipinski definition) is 10. The number of carbonyl (C=O) groups excluding carboxylic acids is 2. The zero-order valence-corrected chi connectivity index (χ0v) is 27.1. The molecule has 0 N–H and O–H groups in total. The van der Waals surface area contributed by atoms with Gasteiger partial charge in [0, 0.05) is 44.2 Å². The van der Waals surface area contributed by atoms with Gasteiger partial charge >= 0.3 is 18.2 Å². The highest BCUT2D eigenvalue weighted by Crippen LogP contribution is 2.32. The molecular weight excluding hydrogens is 574 g/mol. The molecule has 4 heterocycles. The Morgan fingerprint density at radius 1 is 1.07 bits per heavy atom. The van der Waals surface area contributed by atoms with E-state index < -0.39 is 23.7 Å². The van der Waals surface area contributed by atoms with Gasteiger partial charge in [0.05, 0.1) is 36.9 Å². The van der Waals surface area contributed by atoms with E-state index in [-0.39, 0.29) is 25.3 Å². The normalized spacial score (nSPS) is 21.1. The Balaban J connectivity index is 1.37. The topological polar surface area (TPSA) is 124 Å².